The number of aryl methyl sites for hydroxylation is 1. The van der Waals surface area contributed by atoms with Crippen LogP contribution in [0.25, 0.3) is 0 Å². The fourth-order valence-corrected chi connectivity index (χ4v) is 3.71. The summed E-state index contributed by atoms with van der Waals surface area (Å²) in [5.74, 6) is -3.15. The molecule has 2 aromatic carbocycles. The van der Waals surface area contributed by atoms with Crippen LogP contribution in [0.1, 0.15) is 53.9 Å². The number of carbonyl (C=O) groups excluding carboxylic acids is 4. The normalized spacial score (nSPS) is 16.1. The quantitative estimate of drug-likeness (QED) is 0.794. The average Bonchev–Trinajstić information content (AvgIpc) is 2.63. The molecule has 0 radical (unpaired) electrons. The number of aromatic hydroxyl groups is 2. The first-order valence-corrected chi connectivity index (χ1v) is 8.49. The SMILES string of the molecule is CC1=C(C2=CC(=O)c3c(O)cc(C)cc3C2=O)C(=O)c2c(O)cccc2C1=O. The second-order valence-electron chi connectivity index (χ2n) is 6.82. The number of allylic oxidation sites excluding steroid dienone is 4. The van der Waals surface area contributed by atoms with Gasteiger partial charge in [-0.3, -0.25) is 19.2 Å². The van der Waals surface area contributed by atoms with Gasteiger partial charge in [0.15, 0.2) is 23.1 Å². The van der Waals surface area contributed by atoms with Crippen molar-refractivity contribution in [2.75, 3.05) is 0 Å². The molecule has 6 nitrogen and oxygen atoms in total. The number of hydrogen-bond acceptors (Lipinski definition) is 6. The highest BCUT2D eigenvalue weighted by atomic mass is 16.3. The van der Waals surface area contributed by atoms with Crippen LogP contribution >= 0.6 is 0 Å². The number of phenolic OH excluding ortho intramolecular Hbond substituents is 2. The molecule has 0 heterocycles. The van der Waals surface area contributed by atoms with E-state index in [9.17, 15) is 29.4 Å². The summed E-state index contributed by atoms with van der Waals surface area (Å²) in [7, 11) is 0. The minimum atomic E-state index is -0.696. The molecule has 28 heavy (non-hydrogen) atoms. The van der Waals surface area contributed by atoms with Gasteiger partial charge >= 0.3 is 0 Å². The molecule has 138 valence electrons. The van der Waals surface area contributed by atoms with Crippen LogP contribution in [0.3, 0.4) is 0 Å². The zero-order valence-corrected chi connectivity index (χ0v) is 15.0. The fraction of sp³-hybridized carbons (Fsp3) is 0.0909. The van der Waals surface area contributed by atoms with Gasteiger partial charge in [0.05, 0.1) is 11.1 Å². The Balaban J connectivity index is 1.95. The van der Waals surface area contributed by atoms with Crippen molar-refractivity contribution in [1.29, 1.82) is 0 Å². The molecule has 0 saturated carbocycles. The molecule has 0 amide bonds. The lowest BCUT2D eigenvalue weighted by atomic mass is 9.76. The lowest BCUT2D eigenvalue weighted by molar-refractivity contribution is 0.0955. The molecule has 0 unspecified atom stereocenters. The standard InChI is InChI=1S/C22H14O6/c1-9-6-12-18(15(24)7-9)16(25)8-13(21(12)27)17-10(2)20(26)11-4-3-5-14(23)19(11)22(17)28/h3-8,23-24H,1-2H3. The first-order valence-electron chi connectivity index (χ1n) is 8.49. The maximum Gasteiger partial charge on any atom is 0.198 e. The second-order valence-corrected chi connectivity index (χ2v) is 6.82. The summed E-state index contributed by atoms with van der Waals surface area (Å²) in [6.45, 7) is 3.06. The van der Waals surface area contributed by atoms with Crippen molar-refractivity contribution in [3.05, 3.63) is 80.9 Å². The van der Waals surface area contributed by atoms with E-state index >= 15 is 0 Å². The Bertz CT molecular complexity index is 1210. The van der Waals surface area contributed by atoms with E-state index in [4.69, 9.17) is 0 Å². The Morgan fingerprint density at radius 1 is 0.750 bits per heavy atom. The number of benzene rings is 2. The van der Waals surface area contributed by atoms with Crippen LogP contribution in [0.2, 0.25) is 0 Å². The Kier molecular flexibility index (Phi) is 3.68. The number of Topliss-reactive ketones (excluding diaryl/α,β-unsaturated/α-hetero) is 3. The minimum absolute atomic E-state index is 0.0239. The van der Waals surface area contributed by atoms with E-state index in [1.54, 1.807) is 6.92 Å². The van der Waals surface area contributed by atoms with Crippen LogP contribution < -0.4 is 0 Å². The molecule has 0 aliphatic heterocycles. The smallest absolute Gasteiger partial charge is 0.198 e. The summed E-state index contributed by atoms with van der Waals surface area (Å²) in [4.78, 5) is 51.4. The van der Waals surface area contributed by atoms with E-state index in [0.29, 0.717) is 5.56 Å². The lowest BCUT2D eigenvalue weighted by Crippen LogP contribution is -2.27. The van der Waals surface area contributed by atoms with E-state index in [2.05, 4.69) is 0 Å². The number of ketones is 4. The van der Waals surface area contributed by atoms with Gasteiger partial charge in [-0.15, -0.1) is 0 Å². The Hall–Kier alpha value is -3.80. The van der Waals surface area contributed by atoms with Gasteiger partial charge in [0, 0.05) is 27.8 Å². The third-order valence-electron chi connectivity index (χ3n) is 5.00. The van der Waals surface area contributed by atoms with Crippen LogP contribution in [0.15, 0.2) is 53.1 Å². The molecule has 4 rings (SSSR count). The molecule has 2 aromatic rings. The summed E-state index contributed by atoms with van der Waals surface area (Å²) in [6, 6.07) is 6.99. The Morgan fingerprint density at radius 2 is 1.46 bits per heavy atom. The maximum atomic E-state index is 13.1. The summed E-state index contributed by atoms with van der Waals surface area (Å²) < 4.78 is 0. The van der Waals surface area contributed by atoms with Gasteiger partial charge in [-0.25, -0.2) is 0 Å². The highest BCUT2D eigenvalue weighted by Gasteiger charge is 2.39. The number of phenols is 2. The zero-order chi connectivity index (χ0) is 20.3. The third kappa shape index (κ3) is 2.28. The molecule has 2 aliphatic rings. The minimum Gasteiger partial charge on any atom is -0.507 e. The van der Waals surface area contributed by atoms with Crippen molar-refractivity contribution in [2.24, 2.45) is 0 Å². The molecule has 0 atom stereocenters. The fourth-order valence-electron chi connectivity index (χ4n) is 3.71. The predicted molar refractivity (Wildman–Crippen MR) is 99.1 cm³/mol. The van der Waals surface area contributed by atoms with Crippen LogP contribution in [-0.2, 0) is 0 Å². The van der Waals surface area contributed by atoms with Crippen molar-refractivity contribution >= 4 is 23.1 Å². The van der Waals surface area contributed by atoms with Gasteiger partial charge in [0.1, 0.15) is 11.5 Å². The van der Waals surface area contributed by atoms with Crippen LogP contribution in [-0.4, -0.2) is 33.3 Å². The molecule has 6 heteroatoms. The zero-order valence-electron chi connectivity index (χ0n) is 15.0. The van der Waals surface area contributed by atoms with Gasteiger partial charge in [0.25, 0.3) is 0 Å². The number of hydrogen-bond donors (Lipinski definition) is 2. The Labute approximate surface area is 159 Å². The van der Waals surface area contributed by atoms with E-state index < -0.39 is 23.1 Å². The molecule has 0 saturated heterocycles. The number of rotatable bonds is 1. The largest absolute Gasteiger partial charge is 0.507 e. The molecule has 0 spiro atoms. The van der Waals surface area contributed by atoms with Gasteiger partial charge in [-0.1, -0.05) is 12.1 Å². The third-order valence-corrected chi connectivity index (χ3v) is 5.00. The van der Waals surface area contributed by atoms with E-state index in [1.807, 2.05) is 0 Å². The highest BCUT2D eigenvalue weighted by molar-refractivity contribution is 6.36. The Morgan fingerprint density at radius 3 is 2.18 bits per heavy atom. The molecule has 0 fully saturated rings. The summed E-state index contributed by atoms with van der Waals surface area (Å²) in [5, 5.41) is 20.2. The van der Waals surface area contributed by atoms with E-state index in [-0.39, 0.29) is 50.5 Å². The first kappa shape index (κ1) is 17.6. The lowest BCUT2D eigenvalue weighted by Gasteiger charge is -2.23. The van der Waals surface area contributed by atoms with Crippen LogP contribution in [0.5, 0.6) is 11.5 Å². The first-order chi connectivity index (χ1) is 13.2. The van der Waals surface area contributed by atoms with Crippen LogP contribution in [0, 0.1) is 6.92 Å². The van der Waals surface area contributed by atoms with Crippen molar-refractivity contribution in [3.63, 3.8) is 0 Å². The number of carbonyl (C=O) groups is 4. The van der Waals surface area contributed by atoms with E-state index in [0.717, 1.165) is 6.08 Å². The van der Waals surface area contributed by atoms with Crippen LogP contribution in [0.4, 0.5) is 0 Å². The van der Waals surface area contributed by atoms with Gasteiger partial charge in [-0.05, 0) is 43.7 Å². The van der Waals surface area contributed by atoms with Crippen molar-refractivity contribution in [2.45, 2.75) is 13.8 Å². The molecule has 0 aromatic heterocycles. The maximum absolute atomic E-state index is 13.1. The van der Waals surface area contributed by atoms with Crippen molar-refractivity contribution in [1.82, 2.24) is 0 Å². The predicted octanol–water partition coefficient (Wildman–Crippen LogP) is 3.11. The monoisotopic (exact) mass is 374 g/mol. The molecular weight excluding hydrogens is 360 g/mol. The topological polar surface area (TPSA) is 109 Å². The molecule has 2 N–H and O–H groups in total. The van der Waals surface area contributed by atoms with Gasteiger partial charge in [-0.2, -0.15) is 0 Å². The number of fused-ring (bicyclic) bond motifs is 2. The van der Waals surface area contributed by atoms with Crippen molar-refractivity contribution in [3.8, 4) is 11.5 Å². The van der Waals surface area contributed by atoms with E-state index in [1.165, 1.54) is 37.3 Å². The summed E-state index contributed by atoms with van der Waals surface area (Å²) >= 11 is 0. The average molecular weight is 374 g/mol. The molecular formula is C22H14O6. The molecule has 0 bridgehead atoms. The van der Waals surface area contributed by atoms with Crippen molar-refractivity contribution < 1.29 is 29.4 Å². The summed E-state index contributed by atoms with van der Waals surface area (Å²) in [6.07, 6.45) is 0.967. The molecule has 2 aliphatic carbocycles. The second kappa shape index (κ2) is 5.85. The van der Waals surface area contributed by atoms with Gasteiger partial charge < -0.3 is 10.2 Å². The van der Waals surface area contributed by atoms with Gasteiger partial charge in [0.2, 0.25) is 0 Å². The highest BCUT2D eigenvalue weighted by Crippen LogP contribution is 2.38. The summed E-state index contributed by atoms with van der Waals surface area (Å²) in [5.41, 5.74) is -0.119.